The molecule has 1 unspecified atom stereocenters. The molecule has 1 aliphatic carbocycles. The van der Waals surface area contributed by atoms with Crippen molar-refractivity contribution in [2.45, 2.75) is 26.2 Å². The molecule has 1 aromatic rings. The topological polar surface area (TPSA) is 37.3 Å². The highest BCUT2D eigenvalue weighted by atomic mass is 16.4. The Bertz CT molecular complexity index is 349. The van der Waals surface area contributed by atoms with Crippen molar-refractivity contribution >= 4 is 5.97 Å². The van der Waals surface area contributed by atoms with Gasteiger partial charge >= 0.3 is 5.97 Å². The molecule has 0 amide bonds. The van der Waals surface area contributed by atoms with E-state index in [1.165, 1.54) is 5.56 Å². The average molecular weight is 204 g/mol. The lowest BCUT2D eigenvalue weighted by molar-refractivity contribution is -0.142. The van der Waals surface area contributed by atoms with Crippen molar-refractivity contribution in [2.24, 2.45) is 11.8 Å². The van der Waals surface area contributed by atoms with Crippen LogP contribution in [0, 0.1) is 18.8 Å². The number of carboxylic acids is 1. The largest absolute Gasteiger partial charge is 0.481 e. The molecule has 1 N–H and O–H groups in total. The number of rotatable bonds is 4. The highest BCUT2D eigenvalue weighted by molar-refractivity contribution is 5.71. The Kier molecular flexibility index (Phi) is 2.76. The second kappa shape index (κ2) is 4.05. The average Bonchev–Trinajstić information content (AvgIpc) is 3.00. The van der Waals surface area contributed by atoms with Gasteiger partial charge in [0.15, 0.2) is 0 Å². The zero-order valence-electron chi connectivity index (χ0n) is 8.94. The minimum absolute atomic E-state index is 0.173. The first-order valence-electron chi connectivity index (χ1n) is 5.45. The molecule has 1 aromatic carbocycles. The zero-order valence-corrected chi connectivity index (χ0v) is 8.94. The third kappa shape index (κ3) is 2.58. The molecule has 2 nitrogen and oxygen atoms in total. The molecule has 0 radical (unpaired) electrons. The van der Waals surface area contributed by atoms with Crippen LogP contribution in [-0.2, 0) is 11.2 Å². The van der Waals surface area contributed by atoms with Crippen molar-refractivity contribution in [3.8, 4) is 0 Å². The minimum Gasteiger partial charge on any atom is -0.481 e. The van der Waals surface area contributed by atoms with Gasteiger partial charge in [-0.05, 0) is 37.7 Å². The Morgan fingerprint density at radius 3 is 2.47 bits per heavy atom. The molecule has 0 aromatic heterocycles. The van der Waals surface area contributed by atoms with Gasteiger partial charge in [-0.25, -0.2) is 0 Å². The van der Waals surface area contributed by atoms with E-state index in [-0.39, 0.29) is 5.92 Å². The minimum atomic E-state index is -0.641. The summed E-state index contributed by atoms with van der Waals surface area (Å²) >= 11 is 0. The van der Waals surface area contributed by atoms with Crippen LogP contribution in [0.1, 0.15) is 24.0 Å². The van der Waals surface area contributed by atoms with Crippen LogP contribution in [0.4, 0.5) is 0 Å². The maximum absolute atomic E-state index is 11.1. The fourth-order valence-corrected chi connectivity index (χ4v) is 1.93. The van der Waals surface area contributed by atoms with Crippen molar-refractivity contribution < 1.29 is 9.90 Å². The summed E-state index contributed by atoms with van der Waals surface area (Å²) in [6, 6.07) is 8.16. The third-order valence-corrected chi connectivity index (χ3v) is 3.08. The summed E-state index contributed by atoms with van der Waals surface area (Å²) in [7, 11) is 0. The Labute approximate surface area is 89.9 Å². The summed E-state index contributed by atoms with van der Waals surface area (Å²) in [5.74, 6) is -0.394. The Morgan fingerprint density at radius 1 is 1.40 bits per heavy atom. The molecule has 1 fully saturated rings. The van der Waals surface area contributed by atoms with Crippen LogP contribution >= 0.6 is 0 Å². The van der Waals surface area contributed by atoms with E-state index >= 15 is 0 Å². The highest BCUT2D eigenvalue weighted by Crippen LogP contribution is 2.38. The van der Waals surface area contributed by atoms with Gasteiger partial charge in [0, 0.05) is 0 Å². The number of hydrogen-bond acceptors (Lipinski definition) is 1. The quantitative estimate of drug-likeness (QED) is 0.818. The van der Waals surface area contributed by atoms with Gasteiger partial charge in [-0.2, -0.15) is 0 Å². The molecule has 2 heteroatoms. The third-order valence-electron chi connectivity index (χ3n) is 3.08. The number of carbonyl (C=O) groups is 1. The first-order chi connectivity index (χ1) is 7.16. The normalized spacial score (nSPS) is 17.4. The summed E-state index contributed by atoms with van der Waals surface area (Å²) in [6.07, 6.45) is 2.85. The highest BCUT2D eigenvalue weighted by Gasteiger charge is 2.35. The molecule has 1 aliphatic rings. The lowest BCUT2D eigenvalue weighted by Crippen LogP contribution is -2.18. The van der Waals surface area contributed by atoms with Crippen LogP contribution in [-0.4, -0.2) is 11.1 Å². The Balaban J connectivity index is 2.05. The fourth-order valence-electron chi connectivity index (χ4n) is 1.93. The lowest BCUT2D eigenvalue weighted by Gasteiger charge is -2.10. The van der Waals surface area contributed by atoms with Crippen molar-refractivity contribution in [1.29, 1.82) is 0 Å². The summed E-state index contributed by atoms with van der Waals surface area (Å²) in [5.41, 5.74) is 2.36. The molecule has 2 rings (SSSR count). The second-order valence-electron chi connectivity index (χ2n) is 4.47. The van der Waals surface area contributed by atoms with E-state index in [1.54, 1.807) is 0 Å². The Morgan fingerprint density at radius 2 is 2.00 bits per heavy atom. The second-order valence-corrected chi connectivity index (χ2v) is 4.47. The van der Waals surface area contributed by atoms with Crippen LogP contribution < -0.4 is 0 Å². The molecule has 0 bridgehead atoms. The van der Waals surface area contributed by atoms with E-state index < -0.39 is 5.97 Å². The van der Waals surface area contributed by atoms with Gasteiger partial charge in [-0.3, -0.25) is 4.79 Å². The van der Waals surface area contributed by atoms with Gasteiger partial charge in [0.1, 0.15) is 0 Å². The monoisotopic (exact) mass is 204 g/mol. The molecule has 1 atom stereocenters. The SMILES string of the molecule is Cc1ccc(CC(C(=O)O)C2CC2)cc1. The van der Waals surface area contributed by atoms with E-state index in [1.807, 2.05) is 31.2 Å². The molecule has 1 saturated carbocycles. The predicted octanol–water partition coefficient (Wildman–Crippen LogP) is 2.65. The molecule has 0 spiro atoms. The van der Waals surface area contributed by atoms with Gasteiger partial charge in [-0.15, -0.1) is 0 Å². The summed E-state index contributed by atoms with van der Waals surface area (Å²) in [4.78, 5) is 11.1. The smallest absolute Gasteiger partial charge is 0.307 e. The van der Waals surface area contributed by atoms with Gasteiger partial charge in [0.2, 0.25) is 0 Å². The Hall–Kier alpha value is -1.31. The van der Waals surface area contributed by atoms with Gasteiger partial charge in [-0.1, -0.05) is 29.8 Å². The van der Waals surface area contributed by atoms with Crippen LogP contribution in [0.2, 0.25) is 0 Å². The molecule has 0 aliphatic heterocycles. The maximum atomic E-state index is 11.1. The van der Waals surface area contributed by atoms with Crippen molar-refractivity contribution in [1.82, 2.24) is 0 Å². The zero-order chi connectivity index (χ0) is 10.8. The first kappa shape index (κ1) is 10.2. The van der Waals surface area contributed by atoms with Crippen molar-refractivity contribution in [3.05, 3.63) is 35.4 Å². The van der Waals surface area contributed by atoms with Crippen LogP contribution in [0.15, 0.2) is 24.3 Å². The standard InChI is InChI=1S/C13H16O2/c1-9-2-4-10(5-3-9)8-12(13(14)15)11-6-7-11/h2-5,11-12H,6-8H2,1H3,(H,14,15). The fraction of sp³-hybridized carbons (Fsp3) is 0.462. The van der Waals surface area contributed by atoms with Gasteiger partial charge in [0.05, 0.1) is 5.92 Å². The van der Waals surface area contributed by atoms with Crippen molar-refractivity contribution in [2.75, 3.05) is 0 Å². The molecule has 0 heterocycles. The molecule has 15 heavy (non-hydrogen) atoms. The van der Waals surface area contributed by atoms with Gasteiger partial charge in [0.25, 0.3) is 0 Å². The number of aliphatic carboxylic acids is 1. The van der Waals surface area contributed by atoms with Crippen LogP contribution in [0.5, 0.6) is 0 Å². The van der Waals surface area contributed by atoms with Crippen LogP contribution in [0.3, 0.4) is 0 Å². The predicted molar refractivity (Wildman–Crippen MR) is 58.7 cm³/mol. The number of aryl methyl sites for hydroxylation is 1. The van der Waals surface area contributed by atoms with E-state index in [9.17, 15) is 4.79 Å². The summed E-state index contributed by atoms with van der Waals surface area (Å²) < 4.78 is 0. The number of benzene rings is 1. The van der Waals surface area contributed by atoms with Crippen LogP contribution in [0.25, 0.3) is 0 Å². The molecule has 80 valence electrons. The van der Waals surface area contributed by atoms with E-state index in [2.05, 4.69) is 0 Å². The number of hydrogen-bond donors (Lipinski definition) is 1. The van der Waals surface area contributed by atoms with Crippen molar-refractivity contribution in [3.63, 3.8) is 0 Å². The maximum Gasteiger partial charge on any atom is 0.307 e. The molecular formula is C13H16O2. The van der Waals surface area contributed by atoms with E-state index in [0.29, 0.717) is 12.3 Å². The summed E-state index contributed by atoms with van der Waals surface area (Å²) in [5, 5.41) is 9.10. The molecular weight excluding hydrogens is 188 g/mol. The van der Waals surface area contributed by atoms with E-state index in [0.717, 1.165) is 18.4 Å². The number of carboxylic acid groups (broad SMARTS) is 1. The summed E-state index contributed by atoms with van der Waals surface area (Å²) in [6.45, 7) is 2.04. The van der Waals surface area contributed by atoms with Gasteiger partial charge < -0.3 is 5.11 Å². The lowest BCUT2D eigenvalue weighted by atomic mass is 9.94. The first-order valence-corrected chi connectivity index (χ1v) is 5.45. The van der Waals surface area contributed by atoms with E-state index in [4.69, 9.17) is 5.11 Å². The molecule has 0 saturated heterocycles.